The van der Waals surface area contributed by atoms with Crippen LogP contribution in [0.1, 0.15) is 12.0 Å². The molecular weight excluding hydrogens is 365 g/mol. The molecule has 1 N–H and O–H groups in total. The number of amides is 2. The van der Waals surface area contributed by atoms with E-state index in [1.165, 1.54) is 17.0 Å². The van der Waals surface area contributed by atoms with Crippen LogP contribution in [0.2, 0.25) is 0 Å². The topological polar surface area (TPSA) is 49.4 Å². The standard InChI is InChI=1S/C18H15F3N2O2S/c19-18(20,21)12-5-7-13(8-6-12)22-16(24)11-23-14-3-1-2-4-15(14)26-10-9-17(23)25/h1-8H,9-11H2,(H,22,24). The molecule has 0 unspecified atom stereocenters. The summed E-state index contributed by atoms with van der Waals surface area (Å²) < 4.78 is 37.7. The fourth-order valence-corrected chi connectivity index (χ4v) is 3.58. The first-order valence-electron chi connectivity index (χ1n) is 7.84. The van der Waals surface area contributed by atoms with Gasteiger partial charge in [-0.1, -0.05) is 12.1 Å². The molecule has 26 heavy (non-hydrogen) atoms. The second-order valence-electron chi connectivity index (χ2n) is 5.67. The average molecular weight is 380 g/mol. The van der Waals surface area contributed by atoms with Crippen molar-refractivity contribution in [1.29, 1.82) is 0 Å². The molecule has 0 saturated heterocycles. The lowest BCUT2D eigenvalue weighted by Crippen LogP contribution is -2.37. The molecule has 1 heterocycles. The van der Waals surface area contributed by atoms with Gasteiger partial charge in [-0.05, 0) is 36.4 Å². The fourth-order valence-electron chi connectivity index (χ4n) is 2.58. The quantitative estimate of drug-likeness (QED) is 0.869. The normalized spacial score (nSPS) is 14.6. The Kier molecular flexibility index (Phi) is 5.22. The van der Waals surface area contributed by atoms with Crippen molar-refractivity contribution in [3.8, 4) is 0 Å². The van der Waals surface area contributed by atoms with E-state index in [-0.39, 0.29) is 18.1 Å². The van der Waals surface area contributed by atoms with E-state index in [2.05, 4.69) is 5.32 Å². The van der Waals surface area contributed by atoms with Gasteiger partial charge in [0.15, 0.2) is 0 Å². The van der Waals surface area contributed by atoms with Gasteiger partial charge in [0.2, 0.25) is 11.8 Å². The minimum Gasteiger partial charge on any atom is -0.325 e. The van der Waals surface area contributed by atoms with Crippen molar-refractivity contribution in [2.24, 2.45) is 0 Å². The van der Waals surface area contributed by atoms with Crippen LogP contribution >= 0.6 is 11.8 Å². The van der Waals surface area contributed by atoms with E-state index in [1.807, 2.05) is 12.1 Å². The Morgan fingerprint density at radius 2 is 1.81 bits per heavy atom. The summed E-state index contributed by atoms with van der Waals surface area (Å²) >= 11 is 1.55. The first-order chi connectivity index (χ1) is 12.3. The van der Waals surface area contributed by atoms with Crippen LogP contribution < -0.4 is 10.2 Å². The maximum atomic E-state index is 12.6. The van der Waals surface area contributed by atoms with Gasteiger partial charge in [-0.3, -0.25) is 9.59 Å². The zero-order valence-electron chi connectivity index (χ0n) is 13.5. The molecule has 0 saturated carbocycles. The SMILES string of the molecule is O=C(CN1C(=O)CCSc2ccccc21)Nc1ccc(C(F)(F)F)cc1. The minimum atomic E-state index is -4.43. The molecule has 0 fully saturated rings. The van der Waals surface area contributed by atoms with E-state index in [4.69, 9.17) is 0 Å². The molecule has 3 rings (SSSR count). The maximum absolute atomic E-state index is 12.6. The molecule has 0 bridgehead atoms. The number of carbonyl (C=O) groups is 2. The number of para-hydroxylation sites is 1. The van der Waals surface area contributed by atoms with Gasteiger partial charge in [0.25, 0.3) is 0 Å². The summed E-state index contributed by atoms with van der Waals surface area (Å²) in [7, 11) is 0. The first kappa shape index (κ1) is 18.3. The largest absolute Gasteiger partial charge is 0.416 e. The van der Waals surface area contributed by atoms with Crippen LogP contribution in [-0.4, -0.2) is 24.1 Å². The van der Waals surface area contributed by atoms with Gasteiger partial charge in [0, 0.05) is 22.8 Å². The monoisotopic (exact) mass is 380 g/mol. The molecule has 0 atom stereocenters. The highest BCUT2D eigenvalue weighted by Gasteiger charge is 2.30. The number of nitrogens with one attached hydrogen (secondary N) is 1. The zero-order chi connectivity index (χ0) is 18.7. The van der Waals surface area contributed by atoms with E-state index in [9.17, 15) is 22.8 Å². The van der Waals surface area contributed by atoms with Crippen LogP contribution in [0, 0.1) is 0 Å². The van der Waals surface area contributed by atoms with Crippen molar-refractivity contribution >= 4 is 35.0 Å². The van der Waals surface area contributed by atoms with Crippen molar-refractivity contribution in [2.75, 3.05) is 22.5 Å². The molecule has 0 aliphatic carbocycles. The van der Waals surface area contributed by atoms with Gasteiger partial charge in [0.1, 0.15) is 6.54 Å². The number of thioether (sulfide) groups is 1. The zero-order valence-corrected chi connectivity index (χ0v) is 14.4. The van der Waals surface area contributed by atoms with E-state index >= 15 is 0 Å². The summed E-state index contributed by atoms with van der Waals surface area (Å²) in [5.41, 5.74) is 0.125. The van der Waals surface area contributed by atoms with Crippen molar-refractivity contribution in [3.05, 3.63) is 54.1 Å². The molecule has 4 nitrogen and oxygen atoms in total. The molecule has 1 aliphatic heterocycles. The summed E-state index contributed by atoms with van der Waals surface area (Å²) in [6.07, 6.45) is -4.12. The van der Waals surface area contributed by atoms with Crippen LogP contribution in [0.15, 0.2) is 53.4 Å². The number of nitrogens with zero attached hydrogens (tertiary/aromatic N) is 1. The van der Waals surface area contributed by atoms with Crippen molar-refractivity contribution in [2.45, 2.75) is 17.5 Å². The molecule has 1 aliphatic rings. The Morgan fingerprint density at radius 1 is 1.12 bits per heavy atom. The van der Waals surface area contributed by atoms with Crippen LogP contribution in [0.25, 0.3) is 0 Å². The highest BCUT2D eigenvalue weighted by molar-refractivity contribution is 7.99. The summed E-state index contributed by atoms with van der Waals surface area (Å²) in [5, 5.41) is 2.53. The second kappa shape index (κ2) is 7.41. The summed E-state index contributed by atoms with van der Waals surface area (Å²) in [4.78, 5) is 27.0. The molecule has 0 radical (unpaired) electrons. The van der Waals surface area contributed by atoms with Gasteiger partial charge in [-0.2, -0.15) is 13.2 Å². The Bertz CT molecular complexity index is 822. The van der Waals surface area contributed by atoms with E-state index in [0.717, 1.165) is 17.0 Å². The van der Waals surface area contributed by atoms with Crippen molar-refractivity contribution in [1.82, 2.24) is 0 Å². The van der Waals surface area contributed by atoms with Crippen LogP contribution in [0.3, 0.4) is 0 Å². The predicted octanol–water partition coefficient (Wildman–Crippen LogP) is 4.17. The third-order valence-electron chi connectivity index (χ3n) is 3.83. The number of hydrogen-bond donors (Lipinski definition) is 1. The average Bonchev–Trinajstić information content (AvgIpc) is 2.74. The number of alkyl halides is 3. The molecule has 2 aromatic rings. The third kappa shape index (κ3) is 4.19. The Morgan fingerprint density at radius 3 is 2.50 bits per heavy atom. The Labute approximate surface area is 152 Å². The van der Waals surface area contributed by atoms with Gasteiger partial charge in [-0.15, -0.1) is 11.8 Å². The Hall–Kier alpha value is -2.48. The van der Waals surface area contributed by atoms with Crippen molar-refractivity contribution in [3.63, 3.8) is 0 Å². The van der Waals surface area contributed by atoms with Gasteiger partial charge in [-0.25, -0.2) is 0 Å². The summed E-state index contributed by atoms with van der Waals surface area (Å²) in [5.74, 6) is -0.00260. The maximum Gasteiger partial charge on any atom is 0.416 e. The minimum absolute atomic E-state index is 0.162. The van der Waals surface area contributed by atoms with Crippen LogP contribution in [-0.2, 0) is 15.8 Å². The van der Waals surface area contributed by atoms with E-state index < -0.39 is 17.6 Å². The predicted molar refractivity (Wildman–Crippen MR) is 94.2 cm³/mol. The van der Waals surface area contributed by atoms with Gasteiger partial charge < -0.3 is 10.2 Å². The lowest BCUT2D eigenvalue weighted by molar-refractivity contribution is -0.137. The molecule has 0 aromatic heterocycles. The number of halogens is 3. The molecule has 2 aromatic carbocycles. The third-order valence-corrected chi connectivity index (χ3v) is 4.89. The Balaban J connectivity index is 1.72. The smallest absolute Gasteiger partial charge is 0.325 e. The van der Waals surface area contributed by atoms with Gasteiger partial charge >= 0.3 is 6.18 Å². The van der Waals surface area contributed by atoms with Crippen molar-refractivity contribution < 1.29 is 22.8 Å². The first-order valence-corrected chi connectivity index (χ1v) is 8.82. The number of anilines is 2. The highest BCUT2D eigenvalue weighted by Crippen LogP contribution is 2.34. The molecule has 136 valence electrons. The molecule has 2 amide bonds. The lowest BCUT2D eigenvalue weighted by atomic mass is 10.2. The highest BCUT2D eigenvalue weighted by atomic mass is 32.2. The number of hydrogen-bond acceptors (Lipinski definition) is 3. The number of benzene rings is 2. The number of rotatable bonds is 3. The van der Waals surface area contributed by atoms with Crippen LogP contribution in [0.5, 0.6) is 0 Å². The molecule has 0 spiro atoms. The summed E-state index contributed by atoms with van der Waals surface area (Å²) in [6, 6.07) is 11.5. The number of fused-ring (bicyclic) bond motifs is 1. The van der Waals surface area contributed by atoms with E-state index in [0.29, 0.717) is 17.9 Å². The molecular formula is C18H15F3N2O2S. The summed E-state index contributed by atoms with van der Waals surface area (Å²) in [6.45, 7) is -0.197. The lowest BCUT2D eigenvalue weighted by Gasteiger charge is -2.22. The molecule has 8 heteroatoms. The van der Waals surface area contributed by atoms with Gasteiger partial charge in [0.05, 0.1) is 11.3 Å². The second-order valence-corrected chi connectivity index (χ2v) is 6.81. The van der Waals surface area contributed by atoms with E-state index in [1.54, 1.807) is 23.9 Å². The fraction of sp³-hybridized carbons (Fsp3) is 0.222. The van der Waals surface area contributed by atoms with Crippen LogP contribution in [0.4, 0.5) is 24.5 Å². The number of carbonyl (C=O) groups excluding carboxylic acids is 2.